The van der Waals surface area contributed by atoms with Crippen molar-refractivity contribution in [3.05, 3.63) is 66.0 Å². The van der Waals surface area contributed by atoms with Crippen molar-refractivity contribution in [1.29, 1.82) is 0 Å². The Labute approximate surface area is 141 Å². The van der Waals surface area contributed by atoms with Crippen molar-refractivity contribution in [2.24, 2.45) is 5.73 Å². The second-order valence-electron chi connectivity index (χ2n) is 6.82. The second kappa shape index (κ2) is 5.96. The van der Waals surface area contributed by atoms with Gasteiger partial charge in [0.05, 0.1) is 0 Å². The number of carbonyl (C=O) groups excluding carboxylic acids is 1. The molecule has 0 unspecified atom stereocenters. The van der Waals surface area contributed by atoms with Crippen LogP contribution in [-0.4, -0.2) is 10.9 Å². The van der Waals surface area contributed by atoms with Crippen LogP contribution in [0.1, 0.15) is 36.8 Å². The minimum absolute atomic E-state index is 0.111. The number of pyridine rings is 1. The molecule has 0 atom stereocenters. The molecule has 3 rings (SSSR count). The van der Waals surface area contributed by atoms with E-state index in [0.717, 1.165) is 16.5 Å². The van der Waals surface area contributed by atoms with Crippen LogP contribution in [0.25, 0.3) is 10.8 Å². The minimum atomic E-state index is -0.541. The second-order valence-corrected chi connectivity index (χ2v) is 6.82. The van der Waals surface area contributed by atoms with E-state index in [1.54, 1.807) is 12.3 Å². The van der Waals surface area contributed by atoms with Crippen LogP contribution in [0, 0.1) is 0 Å². The van der Waals surface area contributed by atoms with Gasteiger partial charge in [0.25, 0.3) is 5.91 Å². The van der Waals surface area contributed by atoms with Crippen molar-refractivity contribution < 1.29 is 9.53 Å². The molecule has 0 saturated carbocycles. The summed E-state index contributed by atoms with van der Waals surface area (Å²) in [5.41, 5.74) is 6.89. The molecule has 0 aliphatic carbocycles. The summed E-state index contributed by atoms with van der Waals surface area (Å²) in [5, 5.41) is 1.79. The zero-order chi connectivity index (χ0) is 17.3. The van der Waals surface area contributed by atoms with E-state index in [1.807, 2.05) is 30.3 Å². The van der Waals surface area contributed by atoms with Crippen LogP contribution in [0.15, 0.2) is 54.7 Å². The lowest BCUT2D eigenvalue weighted by atomic mass is 9.87. The normalized spacial score (nSPS) is 11.5. The Morgan fingerprint density at radius 1 is 0.958 bits per heavy atom. The third-order valence-electron chi connectivity index (χ3n) is 3.90. The van der Waals surface area contributed by atoms with Crippen LogP contribution in [0.3, 0.4) is 0 Å². The Morgan fingerprint density at radius 2 is 1.62 bits per heavy atom. The predicted octanol–water partition coefficient (Wildman–Crippen LogP) is 4.42. The zero-order valence-electron chi connectivity index (χ0n) is 14.0. The predicted molar refractivity (Wildman–Crippen MR) is 95.5 cm³/mol. The highest BCUT2D eigenvalue weighted by molar-refractivity contribution is 5.95. The molecule has 2 aromatic carbocycles. The van der Waals surface area contributed by atoms with Crippen molar-refractivity contribution >= 4 is 16.7 Å². The Hall–Kier alpha value is -2.88. The Bertz CT molecular complexity index is 894. The standard InChI is InChI=1S/C20H20N2O2/c1-20(2,3)15-5-8-16(9-6-15)24-17-7-4-13-12-22-18(19(21)23)11-14(13)10-17/h4-12H,1-3H3,(H2,21,23). The SMILES string of the molecule is CC(C)(C)c1ccc(Oc2ccc3cnc(C(N)=O)cc3c2)cc1. The highest BCUT2D eigenvalue weighted by Crippen LogP contribution is 2.28. The van der Waals surface area contributed by atoms with Crippen molar-refractivity contribution in [2.75, 3.05) is 0 Å². The molecule has 3 aromatic rings. The monoisotopic (exact) mass is 320 g/mol. The molecular weight excluding hydrogens is 300 g/mol. The highest BCUT2D eigenvalue weighted by Gasteiger charge is 2.13. The number of ether oxygens (including phenoxy) is 1. The van der Waals surface area contributed by atoms with E-state index in [-0.39, 0.29) is 11.1 Å². The number of hydrogen-bond acceptors (Lipinski definition) is 3. The van der Waals surface area contributed by atoms with Crippen LogP contribution in [0.2, 0.25) is 0 Å². The number of benzene rings is 2. The van der Waals surface area contributed by atoms with Gasteiger partial charge in [-0.2, -0.15) is 0 Å². The fourth-order valence-electron chi connectivity index (χ4n) is 2.48. The molecule has 0 aliphatic rings. The maximum Gasteiger partial charge on any atom is 0.267 e. The molecule has 122 valence electrons. The van der Waals surface area contributed by atoms with Gasteiger partial charge in [0, 0.05) is 11.6 Å². The molecule has 2 N–H and O–H groups in total. The quantitative estimate of drug-likeness (QED) is 0.776. The molecular formula is C20H20N2O2. The number of hydrogen-bond donors (Lipinski definition) is 1. The minimum Gasteiger partial charge on any atom is -0.457 e. The van der Waals surface area contributed by atoms with E-state index < -0.39 is 5.91 Å². The molecule has 1 heterocycles. The van der Waals surface area contributed by atoms with Gasteiger partial charge in [-0.25, -0.2) is 0 Å². The lowest BCUT2D eigenvalue weighted by molar-refractivity contribution is 0.0996. The maximum atomic E-state index is 11.3. The topological polar surface area (TPSA) is 65.2 Å². The molecule has 1 aromatic heterocycles. The molecule has 4 nitrogen and oxygen atoms in total. The van der Waals surface area contributed by atoms with Crippen molar-refractivity contribution in [3.63, 3.8) is 0 Å². The third kappa shape index (κ3) is 3.38. The smallest absolute Gasteiger partial charge is 0.267 e. The Morgan fingerprint density at radius 3 is 2.25 bits per heavy atom. The Kier molecular flexibility index (Phi) is 3.97. The van der Waals surface area contributed by atoms with E-state index in [9.17, 15) is 4.79 Å². The van der Waals surface area contributed by atoms with Gasteiger partial charge >= 0.3 is 0 Å². The third-order valence-corrected chi connectivity index (χ3v) is 3.90. The Balaban J connectivity index is 1.88. The largest absolute Gasteiger partial charge is 0.457 e. The molecule has 24 heavy (non-hydrogen) atoms. The number of primary amides is 1. The summed E-state index contributed by atoms with van der Waals surface area (Å²) in [7, 11) is 0. The van der Waals surface area contributed by atoms with E-state index >= 15 is 0 Å². The van der Waals surface area contributed by atoms with Crippen LogP contribution < -0.4 is 10.5 Å². The molecule has 0 aliphatic heterocycles. The van der Waals surface area contributed by atoms with E-state index in [2.05, 4.69) is 37.9 Å². The van der Waals surface area contributed by atoms with Crippen LogP contribution >= 0.6 is 0 Å². The number of rotatable bonds is 3. The van der Waals surface area contributed by atoms with E-state index in [0.29, 0.717) is 5.75 Å². The van der Waals surface area contributed by atoms with Gasteiger partial charge in [-0.1, -0.05) is 32.9 Å². The number of aromatic nitrogens is 1. The summed E-state index contributed by atoms with van der Waals surface area (Å²) >= 11 is 0. The van der Waals surface area contributed by atoms with Crippen molar-refractivity contribution in [1.82, 2.24) is 4.98 Å². The number of fused-ring (bicyclic) bond motifs is 1. The van der Waals surface area contributed by atoms with Gasteiger partial charge in [-0.05, 0) is 52.8 Å². The summed E-state index contributed by atoms with van der Waals surface area (Å²) in [6.07, 6.45) is 1.64. The summed E-state index contributed by atoms with van der Waals surface area (Å²) < 4.78 is 5.92. The molecule has 0 bridgehead atoms. The first-order valence-corrected chi connectivity index (χ1v) is 7.81. The summed E-state index contributed by atoms with van der Waals surface area (Å²) in [5.74, 6) is 0.931. The summed E-state index contributed by atoms with van der Waals surface area (Å²) in [6, 6.07) is 15.4. The van der Waals surface area contributed by atoms with Crippen LogP contribution in [0.4, 0.5) is 0 Å². The van der Waals surface area contributed by atoms with Gasteiger partial charge in [0.1, 0.15) is 17.2 Å². The van der Waals surface area contributed by atoms with Crippen molar-refractivity contribution in [3.8, 4) is 11.5 Å². The van der Waals surface area contributed by atoms with Gasteiger partial charge < -0.3 is 10.5 Å². The van der Waals surface area contributed by atoms with E-state index in [4.69, 9.17) is 10.5 Å². The highest BCUT2D eigenvalue weighted by atomic mass is 16.5. The van der Waals surface area contributed by atoms with Crippen LogP contribution in [0.5, 0.6) is 11.5 Å². The fourth-order valence-corrected chi connectivity index (χ4v) is 2.48. The summed E-state index contributed by atoms with van der Waals surface area (Å²) in [4.78, 5) is 15.3. The average Bonchev–Trinajstić information content (AvgIpc) is 2.54. The number of amides is 1. The number of nitrogens with zero attached hydrogens (tertiary/aromatic N) is 1. The van der Waals surface area contributed by atoms with Gasteiger partial charge in [0.2, 0.25) is 0 Å². The first kappa shape index (κ1) is 16.0. The number of carbonyl (C=O) groups is 1. The molecule has 0 spiro atoms. The molecule has 1 amide bonds. The van der Waals surface area contributed by atoms with Crippen LogP contribution in [-0.2, 0) is 5.41 Å². The molecule has 0 radical (unpaired) electrons. The van der Waals surface area contributed by atoms with E-state index in [1.165, 1.54) is 5.56 Å². The lowest BCUT2D eigenvalue weighted by Gasteiger charge is -2.19. The average molecular weight is 320 g/mol. The number of nitrogens with two attached hydrogens (primary N) is 1. The molecule has 4 heteroatoms. The maximum absolute atomic E-state index is 11.3. The van der Waals surface area contributed by atoms with Gasteiger partial charge in [0.15, 0.2) is 0 Å². The fraction of sp³-hybridized carbons (Fsp3) is 0.200. The molecule has 0 fully saturated rings. The zero-order valence-corrected chi connectivity index (χ0v) is 14.0. The molecule has 0 saturated heterocycles. The van der Waals surface area contributed by atoms with Gasteiger partial charge in [-0.15, -0.1) is 0 Å². The first-order valence-electron chi connectivity index (χ1n) is 7.81. The van der Waals surface area contributed by atoms with Gasteiger partial charge in [-0.3, -0.25) is 9.78 Å². The first-order chi connectivity index (χ1) is 11.3. The van der Waals surface area contributed by atoms with Crippen molar-refractivity contribution in [2.45, 2.75) is 26.2 Å². The lowest BCUT2D eigenvalue weighted by Crippen LogP contribution is -2.12. The summed E-state index contributed by atoms with van der Waals surface area (Å²) in [6.45, 7) is 6.53.